The minimum absolute atomic E-state index is 0.0307. The van der Waals surface area contributed by atoms with Gasteiger partial charge in [0, 0.05) is 6.04 Å². The zero-order chi connectivity index (χ0) is 13.9. The molecule has 102 valence electrons. The molecular formula is C12H21N3O2S. The van der Waals surface area contributed by atoms with E-state index in [4.69, 9.17) is 10.9 Å². The summed E-state index contributed by atoms with van der Waals surface area (Å²) in [6.07, 6.45) is 0.966. The Morgan fingerprint density at radius 1 is 1.33 bits per heavy atom. The highest BCUT2D eigenvalue weighted by atomic mass is 32.2. The second-order valence-electron chi connectivity index (χ2n) is 4.70. The minimum atomic E-state index is -3.70. The monoisotopic (exact) mass is 271 g/mol. The van der Waals surface area contributed by atoms with Gasteiger partial charge in [-0.3, -0.25) is 0 Å². The van der Waals surface area contributed by atoms with Crippen LogP contribution in [-0.4, -0.2) is 14.5 Å². The first-order valence-corrected chi connectivity index (χ1v) is 7.49. The lowest BCUT2D eigenvalue weighted by atomic mass is 10.0. The predicted molar refractivity (Wildman–Crippen MR) is 74.8 cm³/mol. The van der Waals surface area contributed by atoms with Crippen LogP contribution in [0, 0.1) is 5.92 Å². The van der Waals surface area contributed by atoms with Gasteiger partial charge in [-0.2, -0.15) is 0 Å². The SMILES string of the molecule is CCC(Nc1ccc(S(N)(=O)=O)cc1N)C(C)C. The van der Waals surface area contributed by atoms with Crippen molar-refractivity contribution in [1.82, 2.24) is 0 Å². The Hall–Kier alpha value is -1.27. The second-order valence-corrected chi connectivity index (χ2v) is 6.26. The highest BCUT2D eigenvalue weighted by molar-refractivity contribution is 7.89. The molecule has 0 saturated carbocycles. The molecule has 1 unspecified atom stereocenters. The molecule has 0 aliphatic carbocycles. The van der Waals surface area contributed by atoms with Gasteiger partial charge in [-0.25, -0.2) is 13.6 Å². The van der Waals surface area contributed by atoms with E-state index in [0.717, 1.165) is 12.1 Å². The molecule has 1 aromatic carbocycles. The zero-order valence-corrected chi connectivity index (χ0v) is 11.8. The molecule has 0 radical (unpaired) electrons. The molecule has 0 spiro atoms. The number of primary sulfonamides is 1. The van der Waals surface area contributed by atoms with Gasteiger partial charge in [-0.05, 0) is 30.5 Å². The quantitative estimate of drug-likeness (QED) is 0.711. The van der Waals surface area contributed by atoms with E-state index >= 15 is 0 Å². The lowest BCUT2D eigenvalue weighted by Gasteiger charge is -2.23. The molecule has 1 rings (SSSR count). The second kappa shape index (κ2) is 5.58. The number of hydrogen-bond donors (Lipinski definition) is 3. The maximum Gasteiger partial charge on any atom is 0.238 e. The summed E-state index contributed by atoms with van der Waals surface area (Å²) in [6.45, 7) is 6.33. The summed E-state index contributed by atoms with van der Waals surface area (Å²) >= 11 is 0. The fourth-order valence-electron chi connectivity index (χ4n) is 1.79. The van der Waals surface area contributed by atoms with Crippen molar-refractivity contribution in [1.29, 1.82) is 0 Å². The van der Waals surface area contributed by atoms with E-state index in [2.05, 4.69) is 26.1 Å². The van der Waals surface area contributed by atoms with Gasteiger partial charge >= 0.3 is 0 Å². The van der Waals surface area contributed by atoms with Crippen LogP contribution in [0.2, 0.25) is 0 Å². The molecule has 5 nitrogen and oxygen atoms in total. The van der Waals surface area contributed by atoms with Crippen molar-refractivity contribution >= 4 is 21.4 Å². The van der Waals surface area contributed by atoms with E-state index < -0.39 is 10.0 Å². The van der Waals surface area contributed by atoms with Gasteiger partial charge in [0.25, 0.3) is 0 Å². The smallest absolute Gasteiger partial charge is 0.238 e. The standard InChI is InChI=1S/C12H21N3O2S/c1-4-11(8(2)3)15-12-6-5-9(7-10(12)13)18(14,16)17/h5-8,11,15H,4,13H2,1-3H3,(H2,14,16,17). The fourth-order valence-corrected chi connectivity index (χ4v) is 2.34. The average Bonchev–Trinajstić information content (AvgIpc) is 2.25. The molecule has 1 aromatic rings. The van der Waals surface area contributed by atoms with E-state index in [9.17, 15) is 8.42 Å². The lowest BCUT2D eigenvalue weighted by Crippen LogP contribution is -2.25. The van der Waals surface area contributed by atoms with E-state index in [0.29, 0.717) is 17.6 Å². The number of nitrogen functional groups attached to an aromatic ring is 1. The Balaban J connectivity index is 3.00. The molecule has 6 heteroatoms. The zero-order valence-electron chi connectivity index (χ0n) is 11.0. The van der Waals surface area contributed by atoms with Crippen LogP contribution in [0.25, 0.3) is 0 Å². The van der Waals surface area contributed by atoms with Crippen LogP contribution in [0.5, 0.6) is 0 Å². The van der Waals surface area contributed by atoms with Crippen LogP contribution < -0.4 is 16.2 Å². The van der Waals surface area contributed by atoms with Crippen molar-refractivity contribution in [2.24, 2.45) is 11.1 Å². The molecule has 18 heavy (non-hydrogen) atoms. The summed E-state index contributed by atoms with van der Waals surface area (Å²) in [6, 6.07) is 4.79. The number of sulfonamides is 1. The third kappa shape index (κ3) is 3.61. The van der Waals surface area contributed by atoms with E-state index in [1.807, 2.05) is 0 Å². The maximum atomic E-state index is 11.2. The third-order valence-corrected chi connectivity index (χ3v) is 3.85. The van der Waals surface area contributed by atoms with Crippen LogP contribution in [0.1, 0.15) is 27.2 Å². The van der Waals surface area contributed by atoms with E-state index in [1.165, 1.54) is 12.1 Å². The Labute approximate surface area is 109 Å². The van der Waals surface area contributed by atoms with E-state index in [-0.39, 0.29) is 4.90 Å². The Morgan fingerprint density at radius 3 is 2.33 bits per heavy atom. The largest absolute Gasteiger partial charge is 0.397 e. The van der Waals surface area contributed by atoms with Crippen molar-refractivity contribution in [3.63, 3.8) is 0 Å². The molecule has 0 saturated heterocycles. The third-order valence-electron chi connectivity index (χ3n) is 2.94. The Kier molecular flexibility index (Phi) is 4.59. The van der Waals surface area contributed by atoms with Gasteiger partial charge in [0.1, 0.15) is 0 Å². The molecule has 0 aliphatic heterocycles. The first-order chi connectivity index (χ1) is 8.25. The van der Waals surface area contributed by atoms with Gasteiger partial charge in [0.05, 0.1) is 16.3 Å². The maximum absolute atomic E-state index is 11.2. The van der Waals surface area contributed by atoms with Crippen molar-refractivity contribution < 1.29 is 8.42 Å². The fraction of sp³-hybridized carbons (Fsp3) is 0.500. The summed E-state index contributed by atoms with van der Waals surface area (Å²) in [5.41, 5.74) is 6.97. The number of rotatable bonds is 5. The molecular weight excluding hydrogens is 250 g/mol. The topological polar surface area (TPSA) is 98.2 Å². The normalized spacial score (nSPS) is 13.6. The number of nitrogens with two attached hydrogens (primary N) is 2. The Morgan fingerprint density at radius 2 is 1.94 bits per heavy atom. The van der Waals surface area contributed by atoms with Gasteiger partial charge < -0.3 is 11.1 Å². The molecule has 0 fully saturated rings. The summed E-state index contributed by atoms with van der Waals surface area (Å²) in [5, 5.41) is 8.36. The van der Waals surface area contributed by atoms with Crippen LogP contribution in [0.15, 0.2) is 23.1 Å². The first-order valence-electron chi connectivity index (χ1n) is 5.94. The summed E-state index contributed by atoms with van der Waals surface area (Å²) < 4.78 is 22.4. The molecule has 0 aromatic heterocycles. The molecule has 0 amide bonds. The molecule has 0 bridgehead atoms. The van der Waals surface area contributed by atoms with Crippen molar-refractivity contribution in [3.8, 4) is 0 Å². The van der Waals surface area contributed by atoms with Crippen LogP contribution in [0.4, 0.5) is 11.4 Å². The van der Waals surface area contributed by atoms with Crippen molar-refractivity contribution in [2.45, 2.75) is 38.1 Å². The number of anilines is 2. The highest BCUT2D eigenvalue weighted by Crippen LogP contribution is 2.24. The van der Waals surface area contributed by atoms with Gasteiger partial charge in [0.15, 0.2) is 0 Å². The lowest BCUT2D eigenvalue weighted by molar-refractivity contribution is 0.511. The summed E-state index contributed by atoms with van der Waals surface area (Å²) in [4.78, 5) is 0.0307. The van der Waals surface area contributed by atoms with Crippen LogP contribution in [0.3, 0.4) is 0 Å². The number of nitrogens with one attached hydrogen (secondary N) is 1. The number of hydrogen-bond acceptors (Lipinski definition) is 4. The first kappa shape index (κ1) is 14.8. The Bertz CT molecular complexity index is 512. The molecule has 0 aliphatic rings. The van der Waals surface area contributed by atoms with Gasteiger partial charge in [-0.15, -0.1) is 0 Å². The minimum Gasteiger partial charge on any atom is -0.397 e. The highest BCUT2D eigenvalue weighted by Gasteiger charge is 2.14. The molecule has 5 N–H and O–H groups in total. The molecule has 0 heterocycles. The average molecular weight is 271 g/mol. The van der Waals surface area contributed by atoms with Crippen LogP contribution in [-0.2, 0) is 10.0 Å². The van der Waals surface area contributed by atoms with Crippen molar-refractivity contribution in [2.75, 3.05) is 11.1 Å². The van der Waals surface area contributed by atoms with E-state index in [1.54, 1.807) is 6.07 Å². The molecule has 1 atom stereocenters. The summed E-state index contributed by atoms with van der Waals surface area (Å²) in [5.74, 6) is 0.465. The van der Waals surface area contributed by atoms with Gasteiger partial charge in [-0.1, -0.05) is 20.8 Å². The predicted octanol–water partition coefficient (Wildman–Crippen LogP) is 1.76. The van der Waals surface area contributed by atoms with Crippen LogP contribution >= 0.6 is 0 Å². The van der Waals surface area contributed by atoms with Crippen molar-refractivity contribution in [3.05, 3.63) is 18.2 Å². The number of benzene rings is 1. The van der Waals surface area contributed by atoms with Gasteiger partial charge in [0.2, 0.25) is 10.0 Å². The summed E-state index contributed by atoms with van der Waals surface area (Å²) in [7, 11) is -3.70.